The van der Waals surface area contributed by atoms with Gasteiger partial charge in [-0.25, -0.2) is 0 Å². The molecule has 0 saturated carbocycles. The van der Waals surface area contributed by atoms with Gasteiger partial charge >= 0.3 is 0 Å². The van der Waals surface area contributed by atoms with E-state index in [1.54, 1.807) is 24.3 Å². The summed E-state index contributed by atoms with van der Waals surface area (Å²) in [5.41, 5.74) is 25.4. The first kappa shape index (κ1) is 34.3. The minimum atomic E-state index is -1.23. The third-order valence-corrected chi connectivity index (χ3v) is 7.42. The van der Waals surface area contributed by atoms with Gasteiger partial charge in [-0.15, -0.1) is 0 Å². The van der Waals surface area contributed by atoms with Crippen LogP contribution in [-0.4, -0.2) is 84.2 Å². The summed E-state index contributed by atoms with van der Waals surface area (Å²) >= 11 is 0. The molecule has 3 rings (SSSR count). The molecule has 0 spiro atoms. The van der Waals surface area contributed by atoms with Crippen molar-refractivity contribution in [3.63, 3.8) is 0 Å². The highest BCUT2D eigenvalue weighted by Crippen LogP contribution is 2.30. The molecule has 4 amide bonds. The van der Waals surface area contributed by atoms with E-state index in [9.17, 15) is 29.4 Å². The number of fused-ring (bicyclic) bond motifs is 5. The fraction of sp³-hybridized carbons (Fsp3) is 0.467. The van der Waals surface area contributed by atoms with E-state index < -0.39 is 41.8 Å². The van der Waals surface area contributed by atoms with Gasteiger partial charge in [-0.1, -0.05) is 12.1 Å². The van der Waals surface area contributed by atoms with Gasteiger partial charge in [0.2, 0.25) is 23.6 Å². The number of amides is 4. The lowest BCUT2D eigenvalue weighted by atomic mass is 9.95. The maximum atomic E-state index is 13.4. The van der Waals surface area contributed by atoms with E-state index >= 15 is 0 Å². The number of hydrogen-bond acceptors (Lipinski definition) is 10. The van der Waals surface area contributed by atoms with E-state index in [0.717, 1.165) is 6.42 Å². The number of benzene rings is 2. The summed E-state index contributed by atoms with van der Waals surface area (Å²) in [5.74, 6) is -2.59. The Balaban J connectivity index is 1.91. The Morgan fingerprint density at radius 1 is 0.886 bits per heavy atom. The Hall–Kier alpha value is -4.24. The molecule has 0 aliphatic carbocycles. The number of nitrogens with two attached hydrogens (primary N) is 4. The van der Waals surface area contributed by atoms with Crippen molar-refractivity contribution in [1.29, 1.82) is 0 Å². The number of rotatable bonds is 11. The van der Waals surface area contributed by atoms with Crippen LogP contribution in [0.15, 0.2) is 36.4 Å². The Morgan fingerprint density at radius 3 is 2.11 bits per heavy atom. The van der Waals surface area contributed by atoms with E-state index in [4.69, 9.17) is 22.9 Å². The fourth-order valence-electron chi connectivity index (χ4n) is 4.84. The van der Waals surface area contributed by atoms with Crippen molar-refractivity contribution in [3.8, 4) is 22.6 Å². The van der Waals surface area contributed by atoms with Gasteiger partial charge in [-0.2, -0.15) is 0 Å². The third-order valence-electron chi connectivity index (χ3n) is 7.42. The lowest BCUT2D eigenvalue weighted by molar-refractivity contribution is -0.133. The third kappa shape index (κ3) is 9.91. The Morgan fingerprint density at radius 2 is 1.50 bits per heavy atom. The van der Waals surface area contributed by atoms with Crippen LogP contribution in [-0.2, 0) is 32.0 Å². The van der Waals surface area contributed by atoms with Crippen molar-refractivity contribution in [2.24, 2.45) is 22.9 Å². The lowest BCUT2D eigenvalue weighted by Gasteiger charge is -2.24. The summed E-state index contributed by atoms with van der Waals surface area (Å²) < 4.78 is 0. The molecule has 1 heterocycles. The average molecular weight is 613 g/mol. The van der Waals surface area contributed by atoms with Crippen molar-refractivity contribution >= 4 is 23.6 Å². The number of aromatic hydroxyl groups is 2. The van der Waals surface area contributed by atoms with Crippen LogP contribution in [0.3, 0.4) is 0 Å². The molecule has 14 N–H and O–H groups in total. The first-order valence-corrected chi connectivity index (χ1v) is 14.7. The van der Waals surface area contributed by atoms with Gasteiger partial charge in [0.15, 0.2) is 0 Å². The van der Waals surface area contributed by atoms with Gasteiger partial charge in [-0.3, -0.25) is 19.2 Å². The number of carbonyl (C=O) groups excluding carboxylic acids is 4. The minimum absolute atomic E-state index is 0.00725. The highest BCUT2D eigenvalue weighted by Gasteiger charge is 2.29. The highest BCUT2D eigenvalue weighted by atomic mass is 16.3. The van der Waals surface area contributed by atoms with Gasteiger partial charge in [0, 0.05) is 25.4 Å². The summed E-state index contributed by atoms with van der Waals surface area (Å²) in [4.78, 5) is 52.2. The van der Waals surface area contributed by atoms with Crippen LogP contribution in [0.2, 0.25) is 0 Å². The lowest BCUT2D eigenvalue weighted by Crippen LogP contribution is -2.57. The molecular weight excluding hydrogens is 568 g/mol. The summed E-state index contributed by atoms with van der Waals surface area (Å²) in [5, 5.41) is 31.6. The molecule has 1 aliphatic rings. The first-order chi connectivity index (χ1) is 21.0. The van der Waals surface area contributed by atoms with Crippen LogP contribution in [0.5, 0.6) is 11.5 Å². The maximum Gasteiger partial charge on any atom is 0.243 e. The fourth-order valence-corrected chi connectivity index (χ4v) is 4.84. The average Bonchev–Trinajstić information content (AvgIpc) is 3.00. The number of hydrogen-bond donors (Lipinski definition) is 10. The molecule has 240 valence electrons. The quantitative estimate of drug-likeness (QED) is 0.136. The zero-order valence-corrected chi connectivity index (χ0v) is 24.7. The van der Waals surface area contributed by atoms with Gasteiger partial charge in [0.25, 0.3) is 0 Å². The first-order valence-electron chi connectivity index (χ1n) is 14.7. The molecule has 4 bridgehead atoms. The van der Waals surface area contributed by atoms with Crippen LogP contribution < -0.4 is 44.2 Å². The molecule has 44 heavy (non-hydrogen) atoms. The van der Waals surface area contributed by atoms with Crippen molar-refractivity contribution in [2.45, 2.75) is 62.7 Å². The molecular formula is C30H44N8O6. The topological polar surface area (TPSA) is 261 Å². The molecule has 14 heteroatoms. The van der Waals surface area contributed by atoms with Crippen LogP contribution in [0.1, 0.15) is 36.8 Å². The molecule has 0 aromatic heterocycles. The molecule has 4 atom stereocenters. The normalized spacial score (nSPS) is 19.5. The zero-order valence-electron chi connectivity index (χ0n) is 24.7. The number of carbonyl (C=O) groups is 4. The largest absolute Gasteiger partial charge is 0.508 e. The van der Waals surface area contributed by atoms with Crippen molar-refractivity contribution in [2.75, 3.05) is 26.2 Å². The molecule has 0 fully saturated rings. The van der Waals surface area contributed by atoms with Gasteiger partial charge in [0.05, 0.1) is 12.6 Å². The molecule has 14 nitrogen and oxygen atoms in total. The van der Waals surface area contributed by atoms with E-state index in [2.05, 4.69) is 21.3 Å². The number of phenolic OH excluding ortho intramolecular Hbond substituents is 2. The molecule has 0 radical (unpaired) electrons. The predicted octanol–water partition coefficient (Wildman–Crippen LogP) is -1.80. The Labute approximate surface area is 256 Å². The van der Waals surface area contributed by atoms with Crippen molar-refractivity contribution in [1.82, 2.24) is 21.3 Å². The predicted molar refractivity (Wildman–Crippen MR) is 165 cm³/mol. The van der Waals surface area contributed by atoms with Gasteiger partial charge in [0.1, 0.15) is 23.6 Å². The van der Waals surface area contributed by atoms with E-state index in [1.807, 2.05) is 0 Å². The zero-order chi connectivity index (χ0) is 32.2. The summed E-state index contributed by atoms with van der Waals surface area (Å²) in [6.45, 7) is 0.573. The Bertz CT molecular complexity index is 1320. The van der Waals surface area contributed by atoms with Gasteiger partial charge < -0.3 is 54.4 Å². The van der Waals surface area contributed by atoms with E-state index in [0.29, 0.717) is 41.6 Å². The van der Waals surface area contributed by atoms with Crippen LogP contribution >= 0.6 is 0 Å². The second kappa shape index (κ2) is 16.6. The minimum Gasteiger partial charge on any atom is -0.508 e. The van der Waals surface area contributed by atoms with Crippen molar-refractivity contribution in [3.05, 3.63) is 47.5 Å². The monoisotopic (exact) mass is 612 g/mol. The summed E-state index contributed by atoms with van der Waals surface area (Å²) in [6, 6.07) is 5.98. The molecule has 2 aromatic carbocycles. The summed E-state index contributed by atoms with van der Waals surface area (Å²) in [7, 11) is 0. The SMILES string of the molecule is NCCC[C@H](N)CNC(=O)CNC(=O)[C@@H]1Cc2cc(ccc2O)-c2ccc(O)c(c2)C[C@H](N)C(=O)N[C@@H](CCCN)C(=O)N1. The molecule has 0 unspecified atom stereocenters. The smallest absolute Gasteiger partial charge is 0.243 e. The second-order valence-corrected chi connectivity index (χ2v) is 11.0. The molecule has 1 aliphatic heterocycles. The second-order valence-electron chi connectivity index (χ2n) is 11.0. The van der Waals surface area contributed by atoms with Crippen LogP contribution in [0, 0.1) is 0 Å². The van der Waals surface area contributed by atoms with Crippen molar-refractivity contribution < 1.29 is 29.4 Å². The van der Waals surface area contributed by atoms with Crippen LogP contribution in [0.4, 0.5) is 0 Å². The summed E-state index contributed by atoms with van der Waals surface area (Å²) in [6.07, 6.45) is 1.78. The van der Waals surface area contributed by atoms with E-state index in [1.165, 1.54) is 12.1 Å². The molecule has 2 aromatic rings. The van der Waals surface area contributed by atoms with Gasteiger partial charge in [-0.05, 0) is 85.3 Å². The standard InChI is InChI=1S/C30H44N8O6/c31-9-1-3-21(33)15-35-27(41)16-36-29(43)24-14-20-12-18(6-8-26(20)40)17-5-7-25(39)19(11-17)13-22(34)28(42)37-23(4-2-10-32)30(44)38-24/h5-8,11-12,21-24,39-40H,1-4,9-10,13-16,31-34H2,(H,35,41)(H,36,43)(H,37,42)(H,38,44)/t21-,22-,23-,24-/m0/s1. The highest BCUT2D eigenvalue weighted by molar-refractivity contribution is 5.94. The maximum absolute atomic E-state index is 13.4. The van der Waals surface area contributed by atoms with E-state index in [-0.39, 0.29) is 56.4 Å². The molecule has 0 saturated heterocycles. The van der Waals surface area contributed by atoms with Crippen LogP contribution in [0.25, 0.3) is 11.1 Å². The Kier molecular flexibility index (Phi) is 12.9. The number of nitrogens with one attached hydrogen (secondary N) is 4. The number of phenols is 2.